The van der Waals surface area contributed by atoms with E-state index in [4.69, 9.17) is 5.73 Å². The highest BCUT2D eigenvalue weighted by atomic mass is 15.1. The third-order valence-corrected chi connectivity index (χ3v) is 5.02. The second kappa shape index (κ2) is 9.71. The SMILES string of the molecule is CC1CCCN(C)C1.CN=Cc1ccc(C2=NCC(C)CC2)cc1N. The maximum atomic E-state index is 6.00. The van der Waals surface area contributed by atoms with Crippen LogP contribution in [0, 0.1) is 11.8 Å². The summed E-state index contributed by atoms with van der Waals surface area (Å²) in [6, 6.07) is 6.10. The van der Waals surface area contributed by atoms with E-state index in [0.29, 0.717) is 5.92 Å². The van der Waals surface area contributed by atoms with Crippen molar-refractivity contribution >= 4 is 17.6 Å². The highest BCUT2D eigenvalue weighted by Gasteiger charge is 2.13. The smallest absolute Gasteiger partial charge is 0.0421 e. The van der Waals surface area contributed by atoms with Gasteiger partial charge in [-0.2, -0.15) is 0 Å². The van der Waals surface area contributed by atoms with E-state index in [1.165, 1.54) is 38.1 Å². The van der Waals surface area contributed by atoms with Crippen LogP contribution in [0.3, 0.4) is 0 Å². The molecule has 2 N–H and O–H groups in total. The quantitative estimate of drug-likeness (QED) is 0.655. The van der Waals surface area contributed by atoms with Crippen LogP contribution in [0.5, 0.6) is 0 Å². The molecule has 3 rings (SSSR count). The Morgan fingerprint density at radius 2 is 2.04 bits per heavy atom. The Labute approximate surface area is 153 Å². The van der Waals surface area contributed by atoms with Gasteiger partial charge in [-0.25, -0.2) is 0 Å². The Morgan fingerprint density at radius 1 is 1.24 bits per heavy atom. The van der Waals surface area contributed by atoms with E-state index in [2.05, 4.69) is 41.8 Å². The van der Waals surface area contributed by atoms with Gasteiger partial charge < -0.3 is 10.6 Å². The lowest BCUT2D eigenvalue weighted by Gasteiger charge is -2.26. The van der Waals surface area contributed by atoms with Gasteiger partial charge >= 0.3 is 0 Å². The lowest BCUT2D eigenvalue weighted by molar-refractivity contribution is 0.221. The number of nitrogens with zero attached hydrogens (tertiary/aromatic N) is 3. The van der Waals surface area contributed by atoms with Crippen molar-refractivity contribution in [3.8, 4) is 0 Å². The first-order valence-electron chi connectivity index (χ1n) is 9.53. The molecule has 2 heterocycles. The minimum atomic E-state index is 0.711. The molecule has 2 unspecified atom stereocenters. The average molecular weight is 343 g/mol. The lowest BCUT2D eigenvalue weighted by Crippen LogP contribution is -2.30. The zero-order valence-corrected chi connectivity index (χ0v) is 16.3. The van der Waals surface area contributed by atoms with Crippen molar-refractivity contribution in [2.75, 3.05) is 39.5 Å². The number of nitrogen functional groups attached to an aromatic ring is 1. The minimum absolute atomic E-state index is 0.711. The average Bonchev–Trinajstić information content (AvgIpc) is 2.58. The van der Waals surface area contributed by atoms with Crippen LogP contribution < -0.4 is 5.73 Å². The molecule has 0 bridgehead atoms. The van der Waals surface area contributed by atoms with E-state index >= 15 is 0 Å². The van der Waals surface area contributed by atoms with E-state index in [9.17, 15) is 0 Å². The van der Waals surface area contributed by atoms with Gasteiger partial charge in [0, 0.05) is 43.3 Å². The first kappa shape index (κ1) is 19.6. The summed E-state index contributed by atoms with van der Waals surface area (Å²) in [5.41, 5.74) is 10.1. The van der Waals surface area contributed by atoms with Gasteiger partial charge in [0.2, 0.25) is 0 Å². The van der Waals surface area contributed by atoms with Crippen molar-refractivity contribution in [2.24, 2.45) is 21.8 Å². The van der Waals surface area contributed by atoms with Gasteiger partial charge in [0.15, 0.2) is 0 Å². The summed E-state index contributed by atoms with van der Waals surface area (Å²) >= 11 is 0. The molecule has 25 heavy (non-hydrogen) atoms. The van der Waals surface area contributed by atoms with Gasteiger partial charge in [-0.3, -0.25) is 9.98 Å². The minimum Gasteiger partial charge on any atom is -0.398 e. The highest BCUT2D eigenvalue weighted by Crippen LogP contribution is 2.20. The molecular formula is C21H34N4. The Kier molecular flexibility index (Phi) is 7.63. The largest absolute Gasteiger partial charge is 0.398 e. The maximum Gasteiger partial charge on any atom is 0.0421 e. The van der Waals surface area contributed by atoms with Crippen LogP contribution in [0.4, 0.5) is 5.69 Å². The molecule has 4 nitrogen and oxygen atoms in total. The molecule has 1 aromatic rings. The standard InChI is InChI=1S/C14H19N3.C7H15N/c1-10-3-6-14(17-8-10)11-4-5-12(9-16-2)13(15)7-11;1-7-4-3-5-8(2)6-7/h4-5,7,9-10H,3,6,8,15H2,1-2H3;7H,3-6H2,1-2H3. The first-order valence-corrected chi connectivity index (χ1v) is 9.53. The van der Waals surface area contributed by atoms with Crippen LogP contribution in [-0.2, 0) is 0 Å². The molecule has 0 amide bonds. The van der Waals surface area contributed by atoms with Gasteiger partial charge in [0.05, 0.1) is 0 Å². The van der Waals surface area contributed by atoms with Gasteiger partial charge in [-0.1, -0.05) is 26.0 Å². The summed E-state index contributed by atoms with van der Waals surface area (Å²) in [5.74, 6) is 1.65. The van der Waals surface area contributed by atoms with E-state index in [1.807, 2.05) is 12.1 Å². The summed E-state index contributed by atoms with van der Waals surface area (Å²) in [4.78, 5) is 11.0. The van der Waals surface area contributed by atoms with Gasteiger partial charge in [-0.15, -0.1) is 0 Å². The van der Waals surface area contributed by atoms with Crippen molar-refractivity contribution in [1.82, 2.24) is 4.90 Å². The highest BCUT2D eigenvalue weighted by molar-refractivity contribution is 6.02. The zero-order chi connectivity index (χ0) is 18.2. The molecule has 0 aliphatic carbocycles. The van der Waals surface area contributed by atoms with Crippen LogP contribution in [0.1, 0.15) is 50.7 Å². The molecule has 0 aromatic heterocycles. The predicted octanol–water partition coefficient (Wildman–Crippen LogP) is 3.88. The Hall–Kier alpha value is -1.68. The Morgan fingerprint density at radius 3 is 2.56 bits per heavy atom. The van der Waals surface area contributed by atoms with E-state index in [1.54, 1.807) is 13.3 Å². The van der Waals surface area contributed by atoms with Gasteiger partial charge in [0.1, 0.15) is 0 Å². The summed E-state index contributed by atoms with van der Waals surface area (Å²) in [6.07, 6.45) is 6.89. The van der Waals surface area contributed by atoms with Crippen molar-refractivity contribution < 1.29 is 0 Å². The summed E-state index contributed by atoms with van der Waals surface area (Å²) in [5, 5.41) is 0. The molecule has 1 saturated heterocycles. The molecule has 138 valence electrons. The molecule has 1 fully saturated rings. The zero-order valence-electron chi connectivity index (χ0n) is 16.3. The Bertz CT molecular complexity index is 598. The topological polar surface area (TPSA) is 54.0 Å². The summed E-state index contributed by atoms with van der Waals surface area (Å²) in [7, 11) is 3.95. The number of benzene rings is 1. The normalized spacial score (nSPS) is 24.6. The van der Waals surface area contributed by atoms with Gasteiger partial charge in [0.25, 0.3) is 0 Å². The van der Waals surface area contributed by atoms with Crippen LogP contribution in [0.25, 0.3) is 0 Å². The number of nitrogens with two attached hydrogens (primary N) is 1. The van der Waals surface area contributed by atoms with Crippen LogP contribution in [0.15, 0.2) is 28.2 Å². The fourth-order valence-corrected chi connectivity index (χ4v) is 3.49. The molecule has 1 aromatic carbocycles. The van der Waals surface area contributed by atoms with Crippen molar-refractivity contribution in [3.05, 3.63) is 29.3 Å². The number of piperidine rings is 1. The van der Waals surface area contributed by atoms with Crippen LogP contribution in [0.2, 0.25) is 0 Å². The van der Waals surface area contributed by atoms with Crippen LogP contribution in [-0.4, -0.2) is 50.6 Å². The fourth-order valence-electron chi connectivity index (χ4n) is 3.49. The maximum absolute atomic E-state index is 6.00. The number of aliphatic imine (C=N–C) groups is 2. The second-order valence-electron chi connectivity index (χ2n) is 7.67. The number of likely N-dealkylation sites (tertiary alicyclic amines) is 1. The van der Waals surface area contributed by atoms with Gasteiger partial charge in [-0.05, 0) is 62.7 Å². The Balaban J connectivity index is 0.000000236. The predicted molar refractivity (Wildman–Crippen MR) is 110 cm³/mol. The van der Waals surface area contributed by atoms with E-state index in [0.717, 1.165) is 35.7 Å². The van der Waals surface area contributed by atoms with Crippen molar-refractivity contribution in [1.29, 1.82) is 0 Å². The molecular weight excluding hydrogens is 308 g/mol. The third-order valence-electron chi connectivity index (χ3n) is 5.02. The van der Waals surface area contributed by atoms with E-state index < -0.39 is 0 Å². The molecule has 0 spiro atoms. The number of hydrogen-bond acceptors (Lipinski definition) is 4. The third kappa shape index (κ3) is 6.28. The molecule has 2 atom stereocenters. The monoisotopic (exact) mass is 342 g/mol. The lowest BCUT2D eigenvalue weighted by atomic mass is 9.95. The van der Waals surface area contributed by atoms with Crippen molar-refractivity contribution in [2.45, 2.75) is 39.5 Å². The van der Waals surface area contributed by atoms with Crippen LogP contribution >= 0.6 is 0 Å². The first-order chi connectivity index (χ1) is 12.0. The summed E-state index contributed by atoms with van der Waals surface area (Å²) in [6.45, 7) is 8.13. The summed E-state index contributed by atoms with van der Waals surface area (Å²) < 4.78 is 0. The molecule has 2 aliphatic heterocycles. The number of anilines is 1. The fraction of sp³-hybridized carbons (Fsp3) is 0.619. The molecule has 2 aliphatic rings. The number of rotatable bonds is 2. The molecule has 4 heteroatoms. The second-order valence-corrected chi connectivity index (χ2v) is 7.67. The molecule has 0 radical (unpaired) electrons. The number of hydrogen-bond donors (Lipinski definition) is 1. The van der Waals surface area contributed by atoms with E-state index in [-0.39, 0.29) is 0 Å². The van der Waals surface area contributed by atoms with Crippen molar-refractivity contribution in [3.63, 3.8) is 0 Å². The molecule has 0 saturated carbocycles.